The summed E-state index contributed by atoms with van der Waals surface area (Å²) in [5, 5.41) is 16.7. The Morgan fingerprint density at radius 2 is 2.10 bits per heavy atom. The summed E-state index contributed by atoms with van der Waals surface area (Å²) in [4.78, 5) is 22.4. The molecule has 1 aliphatic heterocycles. The first-order valence-corrected chi connectivity index (χ1v) is 6.79. The molecule has 1 aromatic carbocycles. The molecule has 1 amide bonds. The van der Waals surface area contributed by atoms with Crippen LogP contribution in [0.1, 0.15) is 19.4 Å². The standard InChI is InChI=1S/C14H19N3O4/c1-14(2,10-3-5-11(6-4-10)17(19)20)16-13(18)12-9-15-7-8-21-12/h3-6,12,15H,7-9H2,1-2H3,(H,16,18). The Bertz CT molecular complexity index is 522. The summed E-state index contributed by atoms with van der Waals surface area (Å²) in [7, 11) is 0. The predicted octanol–water partition coefficient (Wildman–Crippen LogP) is 0.935. The molecule has 1 aromatic rings. The van der Waals surface area contributed by atoms with E-state index in [0.717, 1.165) is 12.1 Å². The number of nitrogens with one attached hydrogen (secondary N) is 2. The lowest BCUT2D eigenvalue weighted by atomic mass is 9.93. The molecule has 1 aliphatic rings. The second-order valence-electron chi connectivity index (χ2n) is 5.48. The first kappa shape index (κ1) is 15.4. The number of carbonyl (C=O) groups is 1. The summed E-state index contributed by atoms with van der Waals surface area (Å²) in [6, 6.07) is 6.17. The van der Waals surface area contributed by atoms with E-state index >= 15 is 0 Å². The summed E-state index contributed by atoms with van der Waals surface area (Å²) in [6.07, 6.45) is -0.504. The number of hydrogen-bond acceptors (Lipinski definition) is 5. The molecule has 21 heavy (non-hydrogen) atoms. The Hall–Kier alpha value is -1.99. The number of nitrogens with zero attached hydrogens (tertiary/aromatic N) is 1. The minimum Gasteiger partial charge on any atom is -0.366 e. The van der Waals surface area contributed by atoms with Gasteiger partial charge in [-0.2, -0.15) is 0 Å². The highest BCUT2D eigenvalue weighted by molar-refractivity contribution is 5.82. The highest BCUT2D eigenvalue weighted by Gasteiger charge is 2.29. The van der Waals surface area contributed by atoms with Gasteiger partial charge in [0.1, 0.15) is 6.10 Å². The van der Waals surface area contributed by atoms with Crippen molar-refractivity contribution in [1.29, 1.82) is 0 Å². The van der Waals surface area contributed by atoms with Crippen molar-refractivity contribution in [2.24, 2.45) is 0 Å². The number of hydrogen-bond donors (Lipinski definition) is 2. The fourth-order valence-corrected chi connectivity index (χ4v) is 2.19. The molecule has 114 valence electrons. The van der Waals surface area contributed by atoms with E-state index in [0.29, 0.717) is 13.2 Å². The Morgan fingerprint density at radius 1 is 1.43 bits per heavy atom. The zero-order valence-corrected chi connectivity index (χ0v) is 12.1. The van der Waals surface area contributed by atoms with Crippen molar-refractivity contribution in [3.8, 4) is 0 Å². The number of non-ortho nitro benzene ring substituents is 1. The van der Waals surface area contributed by atoms with Gasteiger partial charge in [0.25, 0.3) is 11.6 Å². The summed E-state index contributed by atoms with van der Waals surface area (Å²) in [5.41, 5.74) is 0.193. The fourth-order valence-electron chi connectivity index (χ4n) is 2.19. The smallest absolute Gasteiger partial charge is 0.269 e. The van der Waals surface area contributed by atoms with Crippen LogP contribution in [0.2, 0.25) is 0 Å². The van der Waals surface area contributed by atoms with E-state index in [1.165, 1.54) is 12.1 Å². The SMILES string of the molecule is CC(C)(NC(=O)C1CNCCO1)c1ccc([N+](=O)[O-])cc1. The number of ether oxygens (including phenoxy) is 1. The van der Waals surface area contributed by atoms with E-state index in [1.807, 2.05) is 13.8 Å². The lowest BCUT2D eigenvalue weighted by molar-refractivity contribution is -0.384. The van der Waals surface area contributed by atoms with Gasteiger partial charge in [-0.15, -0.1) is 0 Å². The van der Waals surface area contributed by atoms with Gasteiger partial charge in [-0.1, -0.05) is 0 Å². The first-order valence-electron chi connectivity index (χ1n) is 6.79. The van der Waals surface area contributed by atoms with E-state index in [1.54, 1.807) is 12.1 Å². The molecule has 1 unspecified atom stereocenters. The van der Waals surface area contributed by atoms with Crippen molar-refractivity contribution in [3.05, 3.63) is 39.9 Å². The number of carbonyl (C=O) groups excluding carboxylic acids is 1. The zero-order chi connectivity index (χ0) is 15.5. The lowest BCUT2D eigenvalue weighted by Crippen LogP contribution is -2.52. The lowest BCUT2D eigenvalue weighted by Gasteiger charge is -2.30. The number of amides is 1. The van der Waals surface area contributed by atoms with Gasteiger partial charge in [0, 0.05) is 25.2 Å². The molecule has 0 aliphatic carbocycles. The molecule has 0 bridgehead atoms. The van der Waals surface area contributed by atoms with Crippen LogP contribution in [-0.2, 0) is 15.1 Å². The van der Waals surface area contributed by atoms with Crippen LogP contribution in [-0.4, -0.2) is 36.6 Å². The van der Waals surface area contributed by atoms with Gasteiger partial charge >= 0.3 is 0 Å². The van der Waals surface area contributed by atoms with Gasteiger partial charge in [0.2, 0.25) is 0 Å². The third-order valence-corrected chi connectivity index (χ3v) is 3.46. The second kappa shape index (κ2) is 6.19. The summed E-state index contributed by atoms with van der Waals surface area (Å²) >= 11 is 0. The normalized spacial score (nSPS) is 19.0. The molecule has 1 atom stereocenters. The van der Waals surface area contributed by atoms with E-state index in [9.17, 15) is 14.9 Å². The second-order valence-corrected chi connectivity index (χ2v) is 5.48. The molecule has 2 N–H and O–H groups in total. The van der Waals surface area contributed by atoms with Crippen LogP contribution in [0.3, 0.4) is 0 Å². The molecule has 0 radical (unpaired) electrons. The highest BCUT2D eigenvalue weighted by Crippen LogP contribution is 2.23. The summed E-state index contributed by atoms with van der Waals surface area (Å²) < 4.78 is 5.41. The largest absolute Gasteiger partial charge is 0.366 e. The number of nitro benzene ring substituents is 1. The Labute approximate surface area is 122 Å². The average Bonchev–Trinajstić information content (AvgIpc) is 2.48. The molecule has 7 nitrogen and oxygen atoms in total. The van der Waals surface area contributed by atoms with Crippen LogP contribution in [0.5, 0.6) is 0 Å². The Balaban J connectivity index is 2.06. The van der Waals surface area contributed by atoms with E-state index in [-0.39, 0.29) is 11.6 Å². The van der Waals surface area contributed by atoms with Crippen LogP contribution in [0.4, 0.5) is 5.69 Å². The van der Waals surface area contributed by atoms with Gasteiger partial charge in [0.05, 0.1) is 17.1 Å². The van der Waals surface area contributed by atoms with E-state index in [2.05, 4.69) is 10.6 Å². The molecule has 1 heterocycles. The molecule has 2 rings (SSSR count). The van der Waals surface area contributed by atoms with Crippen molar-refractivity contribution in [2.75, 3.05) is 19.7 Å². The minimum atomic E-state index is -0.632. The molecular formula is C14H19N3O4. The van der Waals surface area contributed by atoms with Crippen molar-refractivity contribution >= 4 is 11.6 Å². The Morgan fingerprint density at radius 3 is 2.62 bits per heavy atom. The monoisotopic (exact) mass is 293 g/mol. The van der Waals surface area contributed by atoms with Crippen LogP contribution >= 0.6 is 0 Å². The van der Waals surface area contributed by atoms with Gasteiger partial charge in [0.15, 0.2) is 0 Å². The van der Waals surface area contributed by atoms with E-state index in [4.69, 9.17) is 4.74 Å². The van der Waals surface area contributed by atoms with Gasteiger partial charge in [-0.25, -0.2) is 0 Å². The first-order chi connectivity index (χ1) is 9.90. The maximum absolute atomic E-state index is 12.2. The number of nitro groups is 1. The molecule has 1 saturated heterocycles. The number of rotatable bonds is 4. The maximum atomic E-state index is 12.2. The molecule has 7 heteroatoms. The molecule has 1 fully saturated rings. The van der Waals surface area contributed by atoms with Crippen molar-refractivity contribution < 1.29 is 14.5 Å². The third-order valence-electron chi connectivity index (χ3n) is 3.46. The minimum absolute atomic E-state index is 0.0284. The zero-order valence-electron chi connectivity index (χ0n) is 12.1. The molecule has 0 saturated carbocycles. The van der Waals surface area contributed by atoms with Gasteiger partial charge in [-0.3, -0.25) is 14.9 Å². The molecular weight excluding hydrogens is 274 g/mol. The van der Waals surface area contributed by atoms with Crippen LogP contribution in [0.15, 0.2) is 24.3 Å². The Kier molecular flexibility index (Phi) is 4.54. The van der Waals surface area contributed by atoms with Crippen molar-refractivity contribution in [2.45, 2.75) is 25.5 Å². The fraction of sp³-hybridized carbons (Fsp3) is 0.500. The topological polar surface area (TPSA) is 93.5 Å². The summed E-state index contributed by atoms with van der Waals surface area (Å²) in [5.74, 6) is -0.189. The molecule has 0 aromatic heterocycles. The summed E-state index contributed by atoms with van der Waals surface area (Å²) in [6.45, 7) is 5.44. The van der Waals surface area contributed by atoms with Crippen LogP contribution in [0.25, 0.3) is 0 Å². The van der Waals surface area contributed by atoms with Gasteiger partial charge in [-0.05, 0) is 31.5 Å². The molecule has 0 spiro atoms. The predicted molar refractivity (Wildman–Crippen MR) is 76.9 cm³/mol. The van der Waals surface area contributed by atoms with Crippen molar-refractivity contribution in [3.63, 3.8) is 0 Å². The van der Waals surface area contributed by atoms with Gasteiger partial charge < -0.3 is 15.4 Å². The third kappa shape index (κ3) is 3.77. The average molecular weight is 293 g/mol. The number of benzene rings is 1. The van der Waals surface area contributed by atoms with E-state index < -0.39 is 16.6 Å². The van der Waals surface area contributed by atoms with Crippen LogP contribution in [0, 0.1) is 10.1 Å². The van der Waals surface area contributed by atoms with Crippen molar-refractivity contribution in [1.82, 2.24) is 10.6 Å². The number of morpholine rings is 1. The van der Waals surface area contributed by atoms with Crippen LogP contribution < -0.4 is 10.6 Å². The maximum Gasteiger partial charge on any atom is 0.269 e. The highest BCUT2D eigenvalue weighted by atomic mass is 16.6. The quantitative estimate of drug-likeness (QED) is 0.636.